The maximum Gasteiger partial charge on any atom is 0.180 e. The van der Waals surface area contributed by atoms with Crippen LogP contribution in [0.1, 0.15) is 12.8 Å². The number of carbonyl (C=O) groups excluding carboxylic acids is 1. The molecule has 2 atom stereocenters. The van der Waals surface area contributed by atoms with E-state index in [1.807, 2.05) is 0 Å². The van der Waals surface area contributed by atoms with Gasteiger partial charge in [-0.3, -0.25) is 4.79 Å². The lowest BCUT2D eigenvalue weighted by Gasteiger charge is -2.11. The molecule has 1 fully saturated rings. The molecule has 0 aromatic carbocycles. The van der Waals surface area contributed by atoms with Crippen LogP contribution in [0.25, 0.3) is 0 Å². The molecule has 64 valence electrons. The first kappa shape index (κ1) is 8.64. The van der Waals surface area contributed by atoms with Crippen LogP contribution in [0.2, 0.25) is 0 Å². The normalized spacial score (nSPS) is 26.9. The number of ketones is 1. The third-order valence-corrected chi connectivity index (χ3v) is 1.81. The Balaban J connectivity index is 2.39. The van der Waals surface area contributed by atoms with E-state index in [1.54, 1.807) is 0 Å². The third-order valence-electron chi connectivity index (χ3n) is 1.81. The number of aliphatic hydroxyl groups is 1. The number of carbonyl (C=O) groups is 1. The van der Waals surface area contributed by atoms with E-state index in [-0.39, 0.29) is 18.5 Å². The summed E-state index contributed by atoms with van der Waals surface area (Å²) in [6.45, 7) is 0.341. The molecule has 0 amide bonds. The molecular weight excluding hydrogens is 146 g/mol. The van der Waals surface area contributed by atoms with E-state index in [9.17, 15) is 4.79 Å². The van der Waals surface area contributed by atoms with Crippen LogP contribution in [0.15, 0.2) is 0 Å². The second-order valence-corrected chi connectivity index (χ2v) is 2.69. The molecule has 0 saturated carbocycles. The molecule has 0 radical (unpaired) electrons. The molecule has 0 aromatic rings. The SMILES string of the molecule is N[C@@H](CO)C(=O)C1CCCO1. The van der Waals surface area contributed by atoms with Crippen LogP contribution in [0.4, 0.5) is 0 Å². The minimum absolute atomic E-state index is 0.176. The summed E-state index contributed by atoms with van der Waals surface area (Å²) in [6.07, 6.45) is 1.29. The van der Waals surface area contributed by atoms with Gasteiger partial charge in [0.25, 0.3) is 0 Å². The van der Waals surface area contributed by atoms with Crippen molar-refractivity contribution >= 4 is 5.78 Å². The molecule has 1 unspecified atom stereocenters. The topological polar surface area (TPSA) is 72.5 Å². The number of hydrogen-bond acceptors (Lipinski definition) is 4. The monoisotopic (exact) mass is 159 g/mol. The summed E-state index contributed by atoms with van der Waals surface area (Å²) < 4.78 is 5.10. The van der Waals surface area contributed by atoms with Gasteiger partial charge in [-0.05, 0) is 12.8 Å². The second kappa shape index (κ2) is 3.80. The van der Waals surface area contributed by atoms with Crippen LogP contribution in [-0.4, -0.2) is 36.2 Å². The van der Waals surface area contributed by atoms with Crippen LogP contribution < -0.4 is 5.73 Å². The fraction of sp³-hybridized carbons (Fsp3) is 0.857. The van der Waals surface area contributed by atoms with Gasteiger partial charge in [0.15, 0.2) is 5.78 Å². The minimum Gasteiger partial charge on any atom is -0.394 e. The summed E-state index contributed by atoms with van der Waals surface area (Å²) in [6, 6.07) is -0.766. The van der Waals surface area contributed by atoms with Crippen molar-refractivity contribution in [3.8, 4) is 0 Å². The second-order valence-electron chi connectivity index (χ2n) is 2.69. The van der Waals surface area contributed by atoms with E-state index in [2.05, 4.69) is 0 Å². The van der Waals surface area contributed by atoms with Gasteiger partial charge >= 0.3 is 0 Å². The van der Waals surface area contributed by atoms with Gasteiger partial charge < -0.3 is 15.6 Å². The van der Waals surface area contributed by atoms with Crippen molar-refractivity contribution in [1.29, 1.82) is 0 Å². The van der Waals surface area contributed by atoms with Crippen molar-refractivity contribution in [2.24, 2.45) is 5.73 Å². The molecule has 1 aliphatic heterocycles. The van der Waals surface area contributed by atoms with Crippen LogP contribution >= 0.6 is 0 Å². The largest absolute Gasteiger partial charge is 0.394 e. The minimum atomic E-state index is -0.766. The van der Waals surface area contributed by atoms with Crippen LogP contribution in [0, 0.1) is 0 Å². The number of hydrogen-bond donors (Lipinski definition) is 2. The Morgan fingerprint density at radius 1 is 1.82 bits per heavy atom. The molecule has 3 N–H and O–H groups in total. The van der Waals surface area contributed by atoms with E-state index >= 15 is 0 Å². The van der Waals surface area contributed by atoms with E-state index < -0.39 is 6.04 Å². The molecule has 1 rings (SSSR count). The quantitative estimate of drug-likeness (QED) is 0.557. The van der Waals surface area contributed by atoms with Crippen LogP contribution in [0.5, 0.6) is 0 Å². The average molecular weight is 159 g/mol. The highest BCUT2D eigenvalue weighted by Gasteiger charge is 2.27. The predicted molar refractivity (Wildman–Crippen MR) is 39.0 cm³/mol. The smallest absolute Gasteiger partial charge is 0.180 e. The van der Waals surface area contributed by atoms with Crippen molar-refractivity contribution in [3.63, 3.8) is 0 Å². The molecule has 0 aromatic heterocycles. The van der Waals surface area contributed by atoms with Crippen LogP contribution in [-0.2, 0) is 9.53 Å². The van der Waals surface area contributed by atoms with Crippen molar-refractivity contribution in [2.45, 2.75) is 25.0 Å². The molecule has 0 bridgehead atoms. The first-order valence-corrected chi connectivity index (χ1v) is 3.77. The summed E-state index contributed by atoms with van der Waals surface area (Å²) in [4.78, 5) is 11.2. The van der Waals surface area contributed by atoms with E-state index in [1.165, 1.54) is 0 Å². The van der Waals surface area contributed by atoms with Crippen molar-refractivity contribution in [1.82, 2.24) is 0 Å². The molecule has 1 heterocycles. The molecule has 11 heavy (non-hydrogen) atoms. The highest BCUT2D eigenvalue weighted by Crippen LogP contribution is 2.13. The first-order chi connectivity index (χ1) is 5.25. The van der Waals surface area contributed by atoms with Crippen molar-refractivity contribution in [2.75, 3.05) is 13.2 Å². The molecular formula is C7H13NO3. The van der Waals surface area contributed by atoms with E-state index in [0.717, 1.165) is 12.8 Å². The van der Waals surface area contributed by atoms with Gasteiger partial charge in [-0.15, -0.1) is 0 Å². The fourth-order valence-electron chi connectivity index (χ4n) is 1.13. The number of Topliss-reactive ketones (excluding diaryl/α,β-unsaturated/α-hetero) is 1. The van der Waals surface area contributed by atoms with Crippen molar-refractivity contribution in [3.05, 3.63) is 0 Å². The van der Waals surface area contributed by atoms with Gasteiger partial charge in [0.05, 0.1) is 12.6 Å². The fourth-order valence-corrected chi connectivity index (χ4v) is 1.13. The molecule has 0 aliphatic carbocycles. The van der Waals surface area contributed by atoms with Gasteiger partial charge in [0.2, 0.25) is 0 Å². The Kier molecular flexibility index (Phi) is 2.99. The third kappa shape index (κ3) is 1.99. The maximum absolute atomic E-state index is 11.2. The van der Waals surface area contributed by atoms with Gasteiger partial charge in [-0.2, -0.15) is 0 Å². The zero-order valence-corrected chi connectivity index (χ0v) is 6.32. The Morgan fingerprint density at radius 2 is 2.55 bits per heavy atom. The Hall–Kier alpha value is -0.450. The Labute approximate surface area is 65.3 Å². The Bertz CT molecular complexity index is 143. The standard InChI is InChI=1S/C7H13NO3/c8-5(4-9)7(10)6-2-1-3-11-6/h5-6,9H,1-4,8H2/t5-,6?/m0/s1. The van der Waals surface area contributed by atoms with Crippen molar-refractivity contribution < 1.29 is 14.6 Å². The number of aliphatic hydroxyl groups excluding tert-OH is 1. The average Bonchev–Trinajstić information content (AvgIpc) is 2.53. The zero-order valence-electron chi connectivity index (χ0n) is 6.32. The number of nitrogens with two attached hydrogens (primary N) is 1. The summed E-state index contributed by atoms with van der Waals surface area (Å²) in [5.41, 5.74) is 5.32. The number of rotatable bonds is 3. The zero-order chi connectivity index (χ0) is 8.27. The van der Waals surface area contributed by atoms with Gasteiger partial charge in [-0.1, -0.05) is 0 Å². The molecule has 1 saturated heterocycles. The lowest BCUT2D eigenvalue weighted by molar-refractivity contribution is -0.129. The molecule has 0 spiro atoms. The first-order valence-electron chi connectivity index (χ1n) is 3.77. The van der Waals surface area contributed by atoms with E-state index in [0.29, 0.717) is 6.61 Å². The predicted octanol–water partition coefficient (Wildman–Crippen LogP) is -0.946. The Morgan fingerprint density at radius 3 is 3.00 bits per heavy atom. The van der Waals surface area contributed by atoms with E-state index in [4.69, 9.17) is 15.6 Å². The summed E-state index contributed by atoms with van der Waals surface area (Å²) in [7, 11) is 0. The highest BCUT2D eigenvalue weighted by atomic mass is 16.5. The summed E-state index contributed by atoms with van der Waals surface area (Å²) in [5, 5.41) is 8.56. The van der Waals surface area contributed by atoms with Crippen LogP contribution in [0.3, 0.4) is 0 Å². The lowest BCUT2D eigenvalue weighted by atomic mass is 10.1. The molecule has 4 heteroatoms. The highest BCUT2D eigenvalue weighted by molar-refractivity contribution is 5.88. The molecule has 4 nitrogen and oxygen atoms in total. The maximum atomic E-state index is 11.2. The number of ether oxygens (including phenoxy) is 1. The van der Waals surface area contributed by atoms with Gasteiger partial charge in [-0.25, -0.2) is 0 Å². The summed E-state index contributed by atoms with van der Waals surface area (Å²) >= 11 is 0. The molecule has 1 aliphatic rings. The summed E-state index contributed by atoms with van der Waals surface area (Å²) in [5.74, 6) is -0.176. The van der Waals surface area contributed by atoms with Gasteiger partial charge in [0.1, 0.15) is 6.10 Å². The van der Waals surface area contributed by atoms with Gasteiger partial charge in [0, 0.05) is 6.61 Å². The lowest BCUT2D eigenvalue weighted by Crippen LogP contribution is -2.40.